The number of carbonyl (C=O) groups excluding carboxylic acids is 3. The summed E-state index contributed by atoms with van der Waals surface area (Å²) >= 11 is 6.11. The van der Waals surface area contributed by atoms with Gasteiger partial charge in [-0.25, -0.2) is 0 Å². The van der Waals surface area contributed by atoms with E-state index in [1.54, 1.807) is 40.1 Å². The molecule has 0 aromatic heterocycles. The largest absolute Gasteiger partial charge is 0.465 e. The molecule has 1 aromatic rings. The Kier molecular flexibility index (Phi) is 9.43. The molecule has 1 spiro atoms. The number of esters is 1. The van der Waals surface area contributed by atoms with Crippen LogP contribution < -0.4 is 4.90 Å². The third-order valence-corrected chi connectivity index (χ3v) is 9.12. The lowest BCUT2D eigenvalue weighted by Crippen LogP contribution is -2.57. The van der Waals surface area contributed by atoms with Crippen molar-refractivity contribution in [1.82, 2.24) is 4.90 Å². The Morgan fingerprint density at radius 3 is 2.58 bits per heavy atom. The molecule has 9 heteroatoms. The first-order valence-electron chi connectivity index (χ1n) is 14.2. The highest BCUT2D eigenvalue weighted by Crippen LogP contribution is 2.65. The van der Waals surface area contributed by atoms with Crippen molar-refractivity contribution in [3.05, 3.63) is 54.6 Å². The smallest absolute Gasteiger partial charge is 0.312 e. The minimum Gasteiger partial charge on any atom is -0.465 e. The molecular weight excluding hydrogens is 532 g/mol. The van der Waals surface area contributed by atoms with Crippen LogP contribution in [0.3, 0.4) is 0 Å². The number of benzene rings is 1. The number of aliphatic hydroxyl groups is 1. The van der Waals surface area contributed by atoms with Crippen molar-refractivity contribution in [1.29, 1.82) is 0 Å². The predicted molar refractivity (Wildman–Crippen MR) is 154 cm³/mol. The summed E-state index contributed by atoms with van der Waals surface area (Å²) in [6, 6.07) is 6.00. The molecule has 2 bridgehead atoms. The van der Waals surface area contributed by atoms with Crippen LogP contribution in [0, 0.1) is 17.8 Å². The fraction of sp³-hybridized carbons (Fsp3) is 0.581. The van der Waals surface area contributed by atoms with E-state index in [1.165, 1.54) is 0 Å². The highest BCUT2D eigenvalue weighted by atomic mass is 35.5. The normalized spacial score (nSPS) is 30.3. The number of fused-ring (bicyclic) bond motifs is 1. The number of likely N-dealkylation sites (tertiary alicyclic amines) is 1. The third-order valence-electron chi connectivity index (χ3n) is 8.87. The molecule has 3 saturated heterocycles. The number of ether oxygens (including phenoxy) is 2. The molecule has 1 N–H and O–H groups in total. The molecule has 6 atom stereocenters. The molecule has 1 aromatic carbocycles. The zero-order valence-corrected chi connectivity index (χ0v) is 24.3. The molecule has 3 fully saturated rings. The second-order valence-electron chi connectivity index (χ2n) is 11.3. The van der Waals surface area contributed by atoms with Gasteiger partial charge in [0.05, 0.1) is 18.1 Å². The van der Waals surface area contributed by atoms with Crippen LogP contribution in [0.4, 0.5) is 5.69 Å². The topological polar surface area (TPSA) is 96.4 Å². The number of hydrogen-bond acceptors (Lipinski definition) is 6. The number of aliphatic hydroxyl groups excluding tert-OH is 1. The summed E-state index contributed by atoms with van der Waals surface area (Å²) in [6.07, 6.45) is 7.34. The van der Waals surface area contributed by atoms with Crippen LogP contribution in [0.5, 0.6) is 0 Å². The van der Waals surface area contributed by atoms with Crippen molar-refractivity contribution >= 4 is 35.1 Å². The fourth-order valence-corrected chi connectivity index (χ4v) is 7.01. The van der Waals surface area contributed by atoms with Gasteiger partial charge in [-0.2, -0.15) is 0 Å². The number of carbonyl (C=O) groups is 3. The number of unbranched alkanes of at least 4 members (excludes halogenated alkanes) is 3. The van der Waals surface area contributed by atoms with Crippen LogP contribution in [-0.2, 0) is 23.9 Å². The van der Waals surface area contributed by atoms with E-state index in [-0.39, 0.29) is 44.0 Å². The molecule has 0 radical (unpaired) electrons. The molecule has 218 valence electrons. The van der Waals surface area contributed by atoms with Crippen LogP contribution in [0.15, 0.2) is 49.6 Å². The van der Waals surface area contributed by atoms with Crippen molar-refractivity contribution in [2.24, 2.45) is 17.8 Å². The molecule has 40 heavy (non-hydrogen) atoms. The van der Waals surface area contributed by atoms with Crippen LogP contribution in [-0.4, -0.2) is 71.3 Å². The maximum absolute atomic E-state index is 14.5. The second-order valence-corrected chi connectivity index (χ2v) is 11.8. The molecule has 8 nitrogen and oxygen atoms in total. The van der Waals surface area contributed by atoms with Crippen molar-refractivity contribution in [3.8, 4) is 0 Å². The Morgan fingerprint density at radius 2 is 1.93 bits per heavy atom. The Morgan fingerprint density at radius 1 is 1.20 bits per heavy atom. The summed E-state index contributed by atoms with van der Waals surface area (Å²) in [5.74, 6) is -2.73. The molecular formula is C31H41ClN2O6. The van der Waals surface area contributed by atoms with Gasteiger partial charge in [0.1, 0.15) is 17.6 Å². The lowest BCUT2D eigenvalue weighted by molar-refractivity contribution is -0.161. The fourth-order valence-electron chi connectivity index (χ4n) is 6.88. The SMILES string of the molecule is C=CCCCCOC(=O)[C@H]1[C@H]2C(=O)N(CCCCO)C(C(=O)N(CC=C)c3ccc(Cl)cc3)C23CC(C)[C@]1(C)O3. The number of amides is 2. The summed E-state index contributed by atoms with van der Waals surface area (Å²) in [7, 11) is 0. The monoisotopic (exact) mass is 572 g/mol. The molecule has 3 unspecified atom stereocenters. The Hall–Kier alpha value is -2.68. The molecule has 0 saturated carbocycles. The van der Waals surface area contributed by atoms with E-state index >= 15 is 0 Å². The highest BCUT2D eigenvalue weighted by Gasteiger charge is 2.80. The van der Waals surface area contributed by atoms with E-state index < -0.39 is 35.0 Å². The third kappa shape index (κ3) is 5.21. The van der Waals surface area contributed by atoms with Crippen molar-refractivity contribution in [2.75, 3.05) is 31.2 Å². The van der Waals surface area contributed by atoms with Gasteiger partial charge in [0.25, 0.3) is 5.91 Å². The molecule has 3 aliphatic heterocycles. The second kappa shape index (κ2) is 12.5. The first-order chi connectivity index (χ1) is 19.2. The number of halogens is 1. The molecule has 3 aliphatic rings. The lowest BCUT2D eigenvalue weighted by Gasteiger charge is -2.37. The van der Waals surface area contributed by atoms with Gasteiger partial charge in [0.15, 0.2) is 0 Å². The lowest BCUT2D eigenvalue weighted by atomic mass is 9.62. The first kappa shape index (κ1) is 30.3. The summed E-state index contributed by atoms with van der Waals surface area (Å²) in [5, 5.41) is 9.95. The van der Waals surface area contributed by atoms with E-state index in [9.17, 15) is 19.5 Å². The zero-order valence-electron chi connectivity index (χ0n) is 23.5. The summed E-state index contributed by atoms with van der Waals surface area (Å²) < 4.78 is 12.5. The quantitative estimate of drug-likeness (QED) is 0.200. The maximum Gasteiger partial charge on any atom is 0.312 e. The number of allylic oxidation sites excluding steroid dienone is 1. The Balaban J connectivity index is 1.71. The van der Waals surface area contributed by atoms with Gasteiger partial charge >= 0.3 is 5.97 Å². The summed E-state index contributed by atoms with van der Waals surface area (Å²) in [6.45, 7) is 12.2. The molecule has 0 aliphatic carbocycles. The Bertz CT molecular complexity index is 1130. The van der Waals surface area contributed by atoms with Gasteiger partial charge in [-0.1, -0.05) is 30.7 Å². The van der Waals surface area contributed by atoms with Gasteiger partial charge < -0.3 is 24.4 Å². The van der Waals surface area contributed by atoms with Crippen molar-refractivity contribution in [2.45, 2.75) is 69.6 Å². The summed E-state index contributed by atoms with van der Waals surface area (Å²) in [4.78, 5) is 45.4. The average molecular weight is 573 g/mol. The minimum absolute atomic E-state index is 0.0189. The van der Waals surface area contributed by atoms with Gasteiger partial charge in [0, 0.05) is 30.4 Å². The van der Waals surface area contributed by atoms with E-state index in [0.29, 0.717) is 36.4 Å². The minimum atomic E-state index is -1.17. The first-order valence-corrected chi connectivity index (χ1v) is 14.6. The predicted octanol–water partition coefficient (Wildman–Crippen LogP) is 4.54. The van der Waals surface area contributed by atoms with Gasteiger partial charge in [-0.05, 0) is 75.6 Å². The molecule has 3 heterocycles. The van der Waals surface area contributed by atoms with E-state index in [0.717, 1.165) is 12.8 Å². The van der Waals surface area contributed by atoms with Gasteiger partial charge in [0.2, 0.25) is 5.91 Å². The van der Waals surface area contributed by atoms with Gasteiger partial charge in [-0.3, -0.25) is 14.4 Å². The highest BCUT2D eigenvalue weighted by molar-refractivity contribution is 6.30. The number of rotatable bonds is 14. The summed E-state index contributed by atoms with van der Waals surface area (Å²) in [5.41, 5.74) is -1.48. The van der Waals surface area contributed by atoms with Crippen molar-refractivity contribution in [3.63, 3.8) is 0 Å². The van der Waals surface area contributed by atoms with E-state index in [2.05, 4.69) is 13.2 Å². The standard InChI is InChI=1S/C31H41ClN2O6/c1-5-7-8-11-19-39-29(38)25-24-27(36)34(17-9-10-18-35)26(31(24)20-21(3)30(25,4)40-31)28(37)33(16-6-2)23-14-12-22(32)13-15-23/h5-6,12-15,21,24-26,35H,1-2,7-11,16-20H2,3-4H3/t21?,24-,25+,26?,30-,31?/m0/s1. The number of nitrogens with zero attached hydrogens (tertiary/aromatic N) is 2. The van der Waals surface area contributed by atoms with Crippen LogP contribution >= 0.6 is 11.6 Å². The van der Waals surface area contributed by atoms with E-state index in [4.69, 9.17) is 21.1 Å². The van der Waals surface area contributed by atoms with Crippen molar-refractivity contribution < 1.29 is 29.0 Å². The van der Waals surface area contributed by atoms with Crippen LogP contribution in [0.2, 0.25) is 5.02 Å². The zero-order chi connectivity index (χ0) is 29.1. The molecule has 4 rings (SSSR count). The number of hydrogen-bond donors (Lipinski definition) is 1. The van der Waals surface area contributed by atoms with Gasteiger partial charge in [-0.15, -0.1) is 13.2 Å². The van der Waals surface area contributed by atoms with Crippen LogP contribution in [0.25, 0.3) is 0 Å². The molecule has 2 amide bonds. The van der Waals surface area contributed by atoms with E-state index in [1.807, 2.05) is 19.9 Å². The van der Waals surface area contributed by atoms with Crippen LogP contribution in [0.1, 0.15) is 52.4 Å². The average Bonchev–Trinajstić information content (AvgIpc) is 3.44. The number of anilines is 1. The Labute approximate surface area is 241 Å². The maximum atomic E-state index is 14.5.